The molecule has 1 aliphatic heterocycles. The van der Waals surface area contributed by atoms with Gasteiger partial charge in [0.2, 0.25) is 5.88 Å². The quantitative estimate of drug-likeness (QED) is 0.775. The van der Waals surface area contributed by atoms with Gasteiger partial charge in [0.25, 0.3) is 5.91 Å². The molecule has 2 heterocycles. The first-order chi connectivity index (χ1) is 12.8. The molecule has 0 spiro atoms. The number of nitrogens with one attached hydrogen (secondary N) is 1. The largest absolute Gasteiger partial charge is 0.484 e. The Labute approximate surface area is 152 Å². The molecule has 7 nitrogen and oxygen atoms in total. The predicted octanol–water partition coefficient (Wildman–Crippen LogP) is 1.70. The van der Waals surface area contributed by atoms with E-state index in [1.54, 1.807) is 36.5 Å². The number of aromatic nitrogens is 1. The summed E-state index contributed by atoms with van der Waals surface area (Å²) in [5, 5.41) is 2.86. The third kappa shape index (κ3) is 6.02. The number of benzene rings is 1. The van der Waals surface area contributed by atoms with Gasteiger partial charge >= 0.3 is 0 Å². The van der Waals surface area contributed by atoms with Crippen LogP contribution in [0.2, 0.25) is 0 Å². The van der Waals surface area contributed by atoms with Gasteiger partial charge in [-0.3, -0.25) is 9.69 Å². The van der Waals surface area contributed by atoms with E-state index < -0.39 is 0 Å². The summed E-state index contributed by atoms with van der Waals surface area (Å²) in [4.78, 5) is 18.2. The molecule has 2 aromatic rings. The fourth-order valence-corrected chi connectivity index (χ4v) is 2.51. The van der Waals surface area contributed by atoms with Gasteiger partial charge in [0, 0.05) is 38.4 Å². The van der Waals surface area contributed by atoms with Crippen molar-refractivity contribution in [1.29, 1.82) is 0 Å². The summed E-state index contributed by atoms with van der Waals surface area (Å²) in [5.41, 5.74) is 0. The average molecular weight is 357 g/mol. The zero-order chi connectivity index (χ0) is 18.0. The topological polar surface area (TPSA) is 72.9 Å². The number of rotatable bonds is 8. The van der Waals surface area contributed by atoms with Crippen LogP contribution in [0.3, 0.4) is 0 Å². The van der Waals surface area contributed by atoms with Crippen molar-refractivity contribution in [3.05, 3.63) is 48.7 Å². The molecule has 1 aromatic heterocycles. The summed E-state index contributed by atoms with van der Waals surface area (Å²) in [7, 11) is 0. The van der Waals surface area contributed by atoms with Gasteiger partial charge in [0.1, 0.15) is 11.5 Å². The minimum atomic E-state index is -0.132. The molecule has 1 amide bonds. The van der Waals surface area contributed by atoms with Crippen LogP contribution in [0.4, 0.5) is 0 Å². The molecule has 0 aliphatic carbocycles. The standard InChI is InChI=1S/C19H23N3O4/c23-18(20-9-10-22-11-13-24-14-12-22)15-25-16-4-6-17(7-5-16)26-19-3-1-2-8-21-19/h1-8H,9-15H2,(H,20,23). The van der Waals surface area contributed by atoms with Crippen molar-refractivity contribution in [1.82, 2.24) is 15.2 Å². The SMILES string of the molecule is O=C(COc1ccc(Oc2ccccn2)cc1)NCCN1CCOCC1. The summed E-state index contributed by atoms with van der Waals surface area (Å²) < 4.78 is 16.4. The molecule has 3 rings (SSSR count). The number of hydrogen-bond acceptors (Lipinski definition) is 6. The van der Waals surface area contributed by atoms with Crippen molar-refractivity contribution >= 4 is 5.91 Å². The first kappa shape index (κ1) is 18.2. The van der Waals surface area contributed by atoms with Crippen molar-refractivity contribution in [3.63, 3.8) is 0 Å². The second-order valence-corrected chi connectivity index (χ2v) is 5.83. The summed E-state index contributed by atoms with van der Waals surface area (Å²) in [6.07, 6.45) is 1.67. The van der Waals surface area contributed by atoms with Crippen LogP contribution in [0.5, 0.6) is 17.4 Å². The van der Waals surface area contributed by atoms with Gasteiger partial charge in [-0.2, -0.15) is 0 Å². The molecule has 138 valence electrons. The van der Waals surface area contributed by atoms with Gasteiger partial charge in [-0.1, -0.05) is 6.07 Å². The fraction of sp³-hybridized carbons (Fsp3) is 0.368. The van der Waals surface area contributed by atoms with Crippen LogP contribution in [0.25, 0.3) is 0 Å². The van der Waals surface area contributed by atoms with E-state index in [4.69, 9.17) is 14.2 Å². The highest BCUT2D eigenvalue weighted by Crippen LogP contribution is 2.22. The number of hydrogen-bond donors (Lipinski definition) is 1. The van der Waals surface area contributed by atoms with E-state index in [-0.39, 0.29) is 12.5 Å². The molecular weight excluding hydrogens is 334 g/mol. The smallest absolute Gasteiger partial charge is 0.257 e. The molecule has 1 N–H and O–H groups in total. The molecule has 0 radical (unpaired) electrons. The Morgan fingerprint density at radius 2 is 1.88 bits per heavy atom. The third-order valence-electron chi connectivity index (χ3n) is 3.91. The van der Waals surface area contributed by atoms with Gasteiger partial charge in [0.15, 0.2) is 6.61 Å². The van der Waals surface area contributed by atoms with Crippen LogP contribution >= 0.6 is 0 Å². The Morgan fingerprint density at radius 3 is 2.62 bits per heavy atom. The highest BCUT2D eigenvalue weighted by Gasteiger charge is 2.10. The van der Waals surface area contributed by atoms with Crippen LogP contribution < -0.4 is 14.8 Å². The Balaban J connectivity index is 1.35. The lowest BCUT2D eigenvalue weighted by molar-refractivity contribution is -0.123. The third-order valence-corrected chi connectivity index (χ3v) is 3.91. The lowest BCUT2D eigenvalue weighted by atomic mass is 10.3. The van der Waals surface area contributed by atoms with E-state index in [1.165, 1.54) is 0 Å². The Morgan fingerprint density at radius 1 is 1.12 bits per heavy atom. The second kappa shape index (κ2) is 9.74. The highest BCUT2D eigenvalue weighted by atomic mass is 16.5. The fourth-order valence-electron chi connectivity index (χ4n) is 2.51. The summed E-state index contributed by atoms with van der Waals surface area (Å²) in [6, 6.07) is 12.6. The van der Waals surface area contributed by atoms with Crippen LogP contribution in [0, 0.1) is 0 Å². The summed E-state index contributed by atoms with van der Waals surface area (Å²) in [5.74, 6) is 1.67. The molecule has 1 saturated heterocycles. The maximum atomic E-state index is 11.9. The van der Waals surface area contributed by atoms with Gasteiger partial charge in [0.05, 0.1) is 13.2 Å². The second-order valence-electron chi connectivity index (χ2n) is 5.83. The zero-order valence-corrected chi connectivity index (χ0v) is 14.6. The summed E-state index contributed by atoms with van der Waals surface area (Å²) >= 11 is 0. The van der Waals surface area contributed by atoms with Crippen molar-refractivity contribution in [2.75, 3.05) is 46.0 Å². The van der Waals surface area contributed by atoms with Crippen molar-refractivity contribution in [2.24, 2.45) is 0 Å². The number of pyridine rings is 1. The highest BCUT2D eigenvalue weighted by molar-refractivity contribution is 5.77. The molecular formula is C19H23N3O4. The van der Waals surface area contributed by atoms with E-state index >= 15 is 0 Å². The van der Waals surface area contributed by atoms with E-state index in [9.17, 15) is 4.79 Å². The first-order valence-electron chi connectivity index (χ1n) is 8.68. The monoisotopic (exact) mass is 357 g/mol. The number of nitrogens with zero attached hydrogens (tertiary/aromatic N) is 2. The van der Waals surface area contributed by atoms with Crippen LogP contribution in [0.15, 0.2) is 48.7 Å². The van der Waals surface area contributed by atoms with Gasteiger partial charge < -0.3 is 19.5 Å². The normalized spacial score (nSPS) is 14.6. The van der Waals surface area contributed by atoms with E-state index in [1.807, 2.05) is 12.1 Å². The predicted molar refractivity (Wildman–Crippen MR) is 96.5 cm³/mol. The minimum Gasteiger partial charge on any atom is -0.484 e. The number of morpholine rings is 1. The lowest BCUT2D eigenvalue weighted by Gasteiger charge is -2.26. The molecule has 7 heteroatoms. The maximum absolute atomic E-state index is 11.9. The maximum Gasteiger partial charge on any atom is 0.257 e. The number of ether oxygens (including phenoxy) is 3. The molecule has 0 unspecified atom stereocenters. The van der Waals surface area contributed by atoms with E-state index in [0.717, 1.165) is 32.8 Å². The molecule has 1 aliphatic rings. The number of amides is 1. The zero-order valence-electron chi connectivity index (χ0n) is 14.6. The van der Waals surface area contributed by atoms with Gasteiger partial charge in [-0.05, 0) is 30.3 Å². The minimum absolute atomic E-state index is 0.0104. The van der Waals surface area contributed by atoms with Crippen LogP contribution in [-0.4, -0.2) is 61.8 Å². The van der Waals surface area contributed by atoms with Crippen molar-refractivity contribution < 1.29 is 19.0 Å². The molecule has 1 fully saturated rings. The molecule has 1 aromatic carbocycles. The van der Waals surface area contributed by atoms with Crippen molar-refractivity contribution in [2.45, 2.75) is 0 Å². The van der Waals surface area contributed by atoms with E-state index in [2.05, 4.69) is 15.2 Å². The Hall–Kier alpha value is -2.64. The number of carbonyl (C=O) groups is 1. The van der Waals surface area contributed by atoms with Gasteiger partial charge in [-0.15, -0.1) is 0 Å². The number of carbonyl (C=O) groups excluding carboxylic acids is 1. The molecule has 0 atom stereocenters. The first-order valence-corrected chi connectivity index (χ1v) is 8.68. The van der Waals surface area contributed by atoms with Crippen LogP contribution in [-0.2, 0) is 9.53 Å². The van der Waals surface area contributed by atoms with Crippen LogP contribution in [0.1, 0.15) is 0 Å². The lowest BCUT2D eigenvalue weighted by Crippen LogP contribution is -2.42. The summed E-state index contributed by atoms with van der Waals surface area (Å²) in [6.45, 7) is 4.78. The Kier molecular flexibility index (Phi) is 6.80. The molecule has 26 heavy (non-hydrogen) atoms. The van der Waals surface area contributed by atoms with Crippen molar-refractivity contribution in [3.8, 4) is 17.4 Å². The van der Waals surface area contributed by atoms with Gasteiger partial charge in [-0.25, -0.2) is 4.98 Å². The molecule has 0 bridgehead atoms. The molecule has 0 saturated carbocycles. The average Bonchev–Trinajstić information content (AvgIpc) is 2.69. The Bertz CT molecular complexity index is 673. The van der Waals surface area contributed by atoms with E-state index in [0.29, 0.717) is 23.9 Å².